The van der Waals surface area contributed by atoms with E-state index in [1.807, 2.05) is 0 Å². The molecule has 31 heavy (non-hydrogen) atoms. The topological polar surface area (TPSA) is 69.7 Å². The molecule has 0 unspecified atom stereocenters. The SMILES string of the molecule is O=C(NCCC(=O)N1CCN(C(=O)c2cc(Cl)ccc2F)CC1)c1ccc(F)cc1F. The number of rotatable bonds is 5. The summed E-state index contributed by atoms with van der Waals surface area (Å²) in [5.74, 6) is -3.94. The van der Waals surface area contributed by atoms with Gasteiger partial charge in [0.2, 0.25) is 5.91 Å². The smallest absolute Gasteiger partial charge is 0.257 e. The molecule has 1 N–H and O–H groups in total. The van der Waals surface area contributed by atoms with Crippen molar-refractivity contribution in [2.24, 2.45) is 0 Å². The Hall–Kier alpha value is -3.07. The van der Waals surface area contributed by atoms with Crippen LogP contribution in [0.2, 0.25) is 5.02 Å². The van der Waals surface area contributed by atoms with Gasteiger partial charge in [0.25, 0.3) is 11.8 Å². The summed E-state index contributed by atoms with van der Waals surface area (Å²) in [5.41, 5.74) is -0.433. The molecular formula is C21H19ClF3N3O3. The first-order chi connectivity index (χ1) is 14.8. The number of hydrogen-bond acceptors (Lipinski definition) is 3. The number of piperazine rings is 1. The molecule has 3 rings (SSSR count). The van der Waals surface area contributed by atoms with E-state index < -0.39 is 29.3 Å². The van der Waals surface area contributed by atoms with Gasteiger partial charge in [0.15, 0.2) is 0 Å². The van der Waals surface area contributed by atoms with Crippen LogP contribution in [0.3, 0.4) is 0 Å². The highest BCUT2D eigenvalue weighted by Crippen LogP contribution is 2.18. The maximum Gasteiger partial charge on any atom is 0.257 e. The molecule has 1 saturated heterocycles. The summed E-state index contributed by atoms with van der Waals surface area (Å²) in [5, 5.41) is 2.67. The molecule has 0 bridgehead atoms. The largest absolute Gasteiger partial charge is 0.351 e. The van der Waals surface area contributed by atoms with Crippen molar-refractivity contribution in [3.8, 4) is 0 Å². The van der Waals surface area contributed by atoms with Gasteiger partial charge in [-0.05, 0) is 30.3 Å². The molecule has 2 aromatic carbocycles. The highest BCUT2D eigenvalue weighted by Gasteiger charge is 2.26. The van der Waals surface area contributed by atoms with E-state index in [2.05, 4.69) is 5.32 Å². The second kappa shape index (κ2) is 9.82. The number of hydrogen-bond donors (Lipinski definition) is 1. The van der Waals surface area contributed by atoms with Crippen LogP contribution in [0.1, 0.15) is 27.1 Å². The zero-order chi connectivity index (χ0) is 22.5. The van der Waals surface area contributed by atoms with E-state index in [1.165, 1.54) is 21.9 Å². The van der Waals surface area contributed by atoms with Crippen molar-refractivity contribution >= 4 is 29.3 Å². The molecule has 3 amide bonds. The van der Waals surface area contributed by atoms with Crippen molar-refractivity contribution < 1.29 is 27.6 Å². The summed E-state index contributed by atoms with van der Waals surface area (Å²) < 4.78 is 40.4. The Kier molecular flexibility index (Phi) is 7.17. The molecule has 2 aromatic rings. The molecule has 1 aliphatic heterocycles. The summed E-state index contributed by atoms with van der Waals surface area (Å²) in [7, 11) is 0. The molecule has 0 aliphatic carbocycles. The first-order valence-electron chi connectivity index (χ1n) is 9.51. The Morgan fingerprint density at radius 1 is 0.871 bits per heavy atom. The van der Waals surface area contributed by atoms with Crippen molar-refractivity contribution in [1.29, 1.82) is 0 Å². The minimum absolute atomic E-state index is 0.0224. The lowest BCUT2D eigenvalue weighted by molar-refractivity contribution is -0.132. The van der Waals surface area contributed by atoms with Crippen molar-refractivity contribution in [3.63, 3.8) is 0 Å². The summed E-state index contributed by atoms with van der Waals surface area (Å²) in [6, 6.07) is 6.36. The molecule has 0 saturated carbocycles. The third-order valence-corrected chi connectivity index (χ3v) is 5.11. The van der Waals surface area contributed by atoms with Crippen LogP contribution in [0.4, 0.5) is 13.2 Å². The summed E-state index contributed by atoms with van der Waals surface area (Å²) in [4.78, 5) is 39.8. The van der Waals surface area contributed by atoms with E-state index in [0.717, 1.165) is 18.2 Å². The maximum atomic E-state index is 13.9. The molecule has 10 heteroatoms. The average molecular weight is 454 g/mol. The van der Waals surface area contributed by atoms with E-state index in [9.17, 15) is 27.6 Å². The molecular weight excluding hydrogens is 435 g/mol. The van der Waals surface area contributed by atoms with E-state index >= 15 is 0 Å². The van der Waals surface area contributed by atoms with Gasteiger partial charge in [-0.25, -0.2) is 13.2 Å². The van der Waals surface area contributed by atoms with E-state index in [4.69, 9.17) is 11.6 Å². The number of nitrogens with one attached hydrogen (secondary N) is 1. The monoisotopic (exact) mass is 453 g/mol. The van der Waals surface area contributed by atoms with Crippen molar-refractivity contribution in [2.75, 3.05) is 32.7 Å². The number of nitrogens with zero attached hydrogens (tertiary/aromatic N) is 2. The first-order valence-corrected chi connectivity index (χ1v) is 9.89. The highest BCUT2D eigenvalue weighted by atomic mass is 35.5. The van der Waals surface area contributed by atoms with E-state index in [-0.39, 0.29) is 61.2 Å². The second-order valence-electron chi connectivity index (χ2n) is 6.93. The number of carbonyl (C=O) groups excluding carboxylic acids is 3. The summed E-state index contributed by atoms with van der Waals surface area (Å²) in [6.45, 7) is 0.940. The normalized spacial score (nSPS) is 13.8. The van der Waals surface area contributed by atoms with Gasteiger partial charge in [-0.2, -0.15) is 0 Å². The lowest BCUT2D eigenvalue weighted by Gasteiger charge is -2.35. The Morgan fingerprint density at radius 3 is 2.23 bits per heavy atom. The fraction of sp³-hybridized carbons (Fsp3) is 0.286. The predicted octanol–water partition coefficient (Wildman–Crippen LogP) is 2.86. The Balaban J connectivity index is 1.46. The van der Waals surface area contributed by atoms with Crippen LogP contribution in [0, 0.1) is 17.5 Å². The molecule has 6 nitrogen and oxygen atoms in total. The Bertz CT molecular complexity index is 1010. The molecule has 0 spiro atoms. The fourth-order valence-electron chi connectivity index (χ4n) is 3.20. The van der Waals surface area contributed by atoms with E-state index in [1.54, 1.807) is 0 Å². The van der Waals surface area contributed by atoms with Gasteiger partial charge in [-0.3, -0.25) is 14.4 Å². The zero-order valence-corrected chi connectivity index (χ0v) is 17.1. The second-order valence-corrected chi connectivity index (χ2v) is 7.36. The van der Waals surface area contributed by atoms with E-state index in [0.29, 0.717) is 6.07 Å². The lowest BCUT2D eigenvalue weighted by Crippen LogP contribution is -2.51. The number of amides is 3. The van der Waals surface area contributed by atoms with Crippen LogP contribution in [0.25, 0.3) is 0 Å². The maximum absolute atomic E-state index is 13.9. The molecule has 1 fully saturated rings. The van der Waals surface area contributed by atoms with Crippen molar-refractivity contribution in [3.05, 3.63) is 70.0 Å². The zero-order valence-electron chi connectivity index (χ0n) is 16.3. The fourth-order valence-corrected chi connectivity index (χ4v) is 3.37. The molecule has 0 atom stereocenters. The number of halogens is 4. The van der Waals surface area contributed by atoms with Crippen LogP contribution in [-0.4, -0.2) is 60.2 Å². The van der Waals surface area contributed by atoms with Crippen LogP contribution in [0.15, 0.2) is 36.4 Å². The van der Waals surface area contributed by atoms with Gasteiger partial charge in [0.1, 0.15) is 17.5 Å². The molecule has 1 heterocycles. The minimum Gasteiger partial charge on any atom is -0.351 e. The van der Waals surface area contributed by atoms with Crippen LogP contribution >= 0.6 is 11.6 Å². The highest BCUT2D eigenvalue weighted by molar-refractivity contribution is 6.31. The van der Waals surface area contributed by atoms with Crippen molar-refractivity contribution in [1.82, 2.24) is 15.1 Å². The van der Waals surface area contributed by atoms with Crippen LogP contribution in [0.5, 0.6) is 0 Å². The van der Waals surface area contributed by atoms with Gasteiger partial charge in [-0.1, -0.05) is 11.6 Å². The standard InChI is InChI=1S/C21H19ClF3N3O3/c22-13-1-4-17(24)16(11-13)21(31)28-9-7-27(8-10-28)19(29)5-6-26-20(30)15-3-2-14(23)12-18(15)25/h1-4,11-12H,5-10H2,(H,26,30). The molecule has 0 radical (unpaired) electrons. The first kappa shape index (κ1) is 22.6. The van der Waals surface area contributed by atoms with Gasteiger partial charge >= 0.3 is 0 Å². The summed E-state index contributed by atoms with van der Waals surface area (Å²) in [6.07, 6.45) is -0.0224. The molecule has 0 aromatic heterocycles. The van der Waals surface area contributed by atoms with Gasteiger partial charge in [-0.15, -0.1) is 0 Å². The number of carbonyl (C=O) groups is 3. The van der Waals surface area contributed by atoms with Gasteiger partial charge in [0, 0.05) is 50.2 Å². The number of benzene rings is 2. The van der Waals surface area contributed by atoms with Gasteiger partial charge < -0.3 is 15.1 Å². The van der Waals surface area contributed by atoms with Gasteiger partial charge in [0.05, 0.1) is 11.1 Å². The third-order valence-electron chi connectivity index (χ3n) is 4.88. The van der Waals surface area contributed by atoms with Crippen molar-refractivity contribution in [2.45, 2.75) is 6.42 Å². The Morgan fingerprint density at radius 2 is 1.55 bits per heavy atom. The quantitative estimate of drug-likeness (QED) is 0.757. The predicted molar refractivity (Wildman–Crippen MR) is 107 cm³/mol. The average Bonchev–Trinajstić information content (AvgIpc) is 2.75. The lowest BCUT2D eigenvalue weighted by atomic mass is 10.1. The summed E-state index contributed by atoms with van der Waals surface area (Å²) >= 11 is 5.83. The molecule has 164 valence electrons. The Labute approximate surface area is 181 Å². The van der Waals surface area contributed by atoms with Crippen LogP contribution < -0.4 is 5.32 Å². The third kappa shape index (κ3) is 5.55. The minimum atomic E-state index is -0.985. The van der Waals surface area contributed by atoms with Crippen LogP contribution in [-0.2, 0) is 4.79 Å². The molecule has 1 aliphatic rings.